The lowest BCUT2D eigenvalue weighted by atomic mass is 9.95. The molecule has 1 aromatic heterocycles. The minimum Gasteiger partial charge on any atom is -0.344 e. The van der Waals surface area contributed by atoms with Gasteiger partial charge in [-0.2, -0.15) is 0 Å². The van der Waals surface area contributed by atoms with E-state index in [0.29, 0.717) is 17.6 Å². The maximum atomic E-state index is 13.1. The Kier molecular flexibility index (Phi) is 8.33. The number of benzene rings is 2. The third kappa shape index (κ3) is 6.44. The van der Waals surface area contributed by atoms with Crippen molar-refractivity contribution in [3.8, 4) is 0 Å². The van der Waals surface area contributed by atoms with E-state index in [0.717, 1.165) is 54.9 Å². The predicted octanol–water partition coefficient (Wildman–Crippen LogP) is 4.81. The normalized spacial score (nSPS) is 15.7. The second kappa shape index (κ2) is 11.6. The number of pyridine rings is 1. The molecule has 1 unspecified atom stereocenters. The summed E-state index contributed by atoms with van der Waals surface area (Å²) in [7, 11) is 0. The fourth-order valence-electron chi connectivity index (χ4n) is 4.61. The smallest absolute Gasteiger partial charge is 0.234 e. The van der Waals surface area contributed by atoms with Gasteiger partial charge in [-0.25, -0.2) is 0 Å². The molecule has 3 aromatic rings. The highest BCUT2D eigenvalue weighted by molar-refractivity contribution is 6.30. The highest BCUT2D eigenvalue weighted by Crippen LogP contribution is 2.27. The van der Waals surface area contributed by atoms with Gasteiger partial charge in [-0.3, -0.25) is 14.7 Å². The molecule has 178 valence electrons. The number of aryl methyl sites for hydroxylation is 2. The van der Waals surface area contributed by atoms with Gasteiger partial charge in [-0.05, 0) is 67.1 Å². The van der Waals surface area contributed by atoms with Gasteiger partial charge < -0.3 is 10.6 Å². The average molecular weight is 477 g/mol. The van der Waals surface area contributed by atoms with Crippen LogP contribution in [0.5, 0.6) is 0 Å². The second-order valence-corrected chi connectivity index (χ2v) is 9.53. The van der Waals surface area contributed by atoms with Gasteiger partial charge in [0.25, 0.3) is 0 Å². The van der Waals surface area contributed by atoms with Crippen LogP contribution in [0.1, 0.15) is 46.8 Å². The van der Waals surface area contributed by atoms with Crippen molar-refractivity contribution in [3.05, 3.63) is 99.8 Å². The topological polar surface area (TPSA) is 57.3 Å². The maximum Gasteiger partial charge on any atom is 0.234 e. The van der Waals surface area contributed by atoms with E-state index in [1.54, 1.807) is 0 Å². The molecule has 0 radical (unpaired) electrons. The van der Waals surface area contributed by atoms with E-state index in [9.17, 15) is 4.79 Å². The summed E-state index contributed by atoms with van der Waals surface area (Å²) in [5, 5.41) is 7.64. The third-order valence-corrected chi connectivity index (χ3v) is 6.87. The van der Waals surface area contributed by atoms with Crippen molar-refractivity contribution in [3.63, 3.8) is 0 Å². The Morgan fingerprint density at radius 2 is 1.85 bits per heavy atom. The van der Waals surface area contributed by atoms with Crippen molar-refractivity contribution in [1.29, 1.82) is 0 Å². The predicted molar refractivity (Wildman–Crippen MR) is 138 cm³/mol. The van der Waals surface area contributed by atoms with Crippen LogP contribution in [0, 0.1) is 13.8 Å². The maximum absolute atomic E-state index is 13.1. The molecule has 2 N–H and O–H groups in total. The number of hydrogen-bond acceptors (Lipinski definition) is 4. The zero-order valence-corrected chi connectivity index (χ0v) is 20.7. The third-order valence-electron chi connectivity index (χ3n) is 6.63. The largest absolute Gasteiger partial charge is 0.344 e. The standard InChI is InChI=1S/C28H33ClN4O/c1-20-17-24(29)10-11-26(20)28(22-7-4-3-5-8-22)32-27(34)19-33-15-12-25(13-16-33)31-18-23-9-6-14-30-21(23)2/h3-11,14,17,25,28,31H,12-13,15-16,18-19H2,1-2H3,(H,32,34). The van der Waals surface area contributed by atoms with E-state index in [4.69, 9.17) is 11.6 Å². The first-order valence-corrected chi connectivity index (χ1v) is 12.3. The summed E-state index contributed by atoms with van der Waals surface area (Å²) >= 11 is 6.18. The number of nitrogens with one attached hydrogen (secondary N) is 2. The Morgan fingerprint density at radius 3 is 2.56 bits per heavy atom. The van der Waals surface area contributed by atoms with Crippen molar-refractivity contribution < 1.29 is 4.79 Å². The molecule has 1 aliphatic heterocycles. The molecule has 34 heavy (non-hydrogen) atoms. The molecular weight excluding hydrogens is 444 g/mol. The number of aromatic nitrogens is 1. The molecule has 5 nitrogen and oxygen atoms in total. The fourth-order valence-corrected chi connectivity index (χ4v) is 4.84. The summed E-state index contributed by atoms with van der Waals surface area (Å²) in [4.78, 5) is 19.7. The second-order valence-electron chi connectivity index (χ2n) is 9.09. The van der Waals surface area contributed by atoms with Crippen molar-refractivity contribution >= 4 is 17.5 Å². The Labute approximate surface area is 207 Å². The minimum absolute atomic E-state index is 0.0422. The molecule has 1 fully saturated rings. The molecule has 1 saturated heterocycles. The van der Waals surface area contributed by atoms with E-state index < -0.39 is 0 Å². The zero-order chi connectivity index (χ0) is 23.9. The van der Waals surface area contributed by atoms with Gasteiger partial charge in [0.15, 0.2) is 0 Å². The summed E-state index contributed by atoms with van der Waals surface area (Å²) in [5.41, 5.74) is 5.52. The van der Waals surface area contributed by atoms with Crippen molar-refractivity contribution in [2.75, 3.05) is 19.6 Å². The van der Waals surface area contributed by atoms with Crippen molar-refractivity contribution in [1.82, 2.24) is 20.5 Å². The number of piperidine rings is 1. The van der Waals surface area contributed by atoms with E-state index in [1.807, 2.05) is 62.5 Å². The van der Waals surface area contributed by atoms with Crippen LogP contribution in [0.2, 0.25) is 5.02 Å². The number of carbonyl (C=O) groups is 1. The first kappa shape index (κ1) is 24.4. The van der Waals surface area contributed by atoms with Crippen LogP contribution < -0.4 is 10.6 Å². The highest BCUT2D eigenvalue weighted by Gasteiger charge is 2.23. The number of halogens is 1. The summed E-state index contributed by atoms with van der Waals surface area (Å²) in [6.07, 6.45) is 3.90. The van der Waals surface area contributed by atoms with Crippen LogP contribution in [0.25, 0.3) is 0 Å². The Hall–Kier alpha value is -2.73. The van der Waals surface area contributed by atoms with Crippen LogP contribution in [0.4, 0.5) is 0 Å². The molecular formula is C28H33ClN4O. The number of nitrogens with zero attached hydrogens (tertiary/aromatic N) is 2. The molecule has 1 aliphatic rings. The summed E-state index contributed by atoms with van der Waals surface area (Å²) < 4.78 is 0. The molecule has 2 heterocycles. The SMILES string of the molecule is Cc1cc(Cl)ccc1C(NC(=O)CN1CCC(NCc2cccnc2C)CC1)c1ccccc1. The Balaban J connectivity index is 1.32. The molecule has 0 aliphatic carbocycles. The zero-order valence-electron chi connectivity index (χ0n) is 19.9. The molecule has 0 saturated carbocycles. The first-order valence-electron chi connectivity index (χ1n) is 12.0. The Bertz CT molecular complexity index is 1100. The molecule has 0 spiro atoms. The van der Waals surface area contributed by atoms with Gasteiger partial charge in [0.05, 0.1) is 12.6 Å². The van der Waals surface area contributed by atoms with Crippen LogP contribution >= 0.6 is 11.6 Å². The summed E-state index contributed by atoms with van der Waals surface area (Å²) in [6, 6.07) is 20.3. The minimum atomic E-state index is -0.201. The lowest BCUT2D eigenvalue weighted by Crippen LogP contribution is -2.46. The van der Waals surface area contributed by atoms with Gasteiger partial charge in [0, 0.05) is 42.6 Å². The van der Waals surface area contributed by atoms with Crippen LogP contribution in [0.15, 0.2) is 66.9 Å². The lowest BCUT2D eigenvalue weighted by Gasteiger charge is -2.32. The number of likely N-dealkylation sites (tertiary alicyclic amines) is 1. The summed E-state index contributed by atoms with van der Waals surface area (Å²) in [5.74, 6) is 0.0422. The molecule has 4 rings (SSSR count). The Morgan fingerprint density at radius 1 is 1.09 bits per heavy atom. The summed E-state index contributed by atoms with van der Waals surface area (Å²) in [6.45, 7) is 7.15. The number of rotatable bonds is 8. The van der Waals surface area contributed by atoms with E-state index in [2.05, 4.69) is 38.7 Å². The molecule has 0 bridgehead atoms. The van der Waals surface area contributed by atoms with E-state index in [1.165, 1.54) is 5.56 Å². The number of amides is 1. The van der Waals surface area contributed by atoms with E-state index in [-0.39, 0.29) is 11.9 Å². The van der Waals surface area contributed by atoms with Gasteiger partial charge in [-0.1, -0.05) is 54.1 Å². The van der Waals surface area contributed by atoms with E-state index >= 15 is 0 Å². The number of carbonyl (C=O) groups excluding carboxylic acids is 1. The monoisotopic (exact) mass is 476 g/mol. The van der Waals surface area contributed by atoms with Gasteiger partial charge >= 0.3 is 0 Å². The molecule has 1 amide bonds. The van der Waals surface area contributed by atoms with Crippen LogP contribution in [-0.2, 0) is 11.3 Å². The van der Waals surface area contributed by atoms with Crippen molar-refractivity contribution in [2.24, 2.45) is 0 Å². The molecule has 6 heteroatoms. The van der Waals surface area contributed by atoms with Gasteiger partial charge in [-0.15, -0.1) is 0 Å². The molecule has 2 aromatic carbocycles. The molecule has 1 atom stereocenters. The fraction of sp³-hybridized carbons (Fsp3) is 0.357. The quantitative estimate of drug-likeness (QED) is 0.489. The van der Waals surface area contributed by atoms with Crippen LogP contribution in [-0.4, -0.2) is 41.5 Å². The van der Waals surface area contributed by atoms with Gasteiger partial charge in [0.2, 0.25) is 5.91 Å². The first-order chi connectivity index (χ1) is 16.5. The van der Waals surface area contributed by atoms with Crippen molar-refractivity contribution in [2.45, 2.75) is 45.3 Å². The highest BCUT2D eigenvalue weighted by atomic mass is 35.5. The number of hydrogen-bond donors (Lipinski definition) is 2. The average Bonchev–Trinajstić information content (AvgIpc) is 2.84. The lowest BCUT2D eigenvalue weighted by molar-refractivity contribution is -0.123. The van der Waals surface area contributed by atoms with Crippen LogP contribution in [0.3, 0.4) is 0 Å². The van der Waals surface area contributed by atoms with Gasteiger partial charge in [0.1, 0.15) is 0 Å².